The van der Waals surface area contributed by atoms with E-state index in [4.69, 9.17) is 14.5 Å². The highest BCUT2D eigenvalue weighted by atomic mass is 19.3. The van der Waals surface area contributed by atoms with Crippen molar-refractivity contribution in [1.29, 1.82) is 0 Å². The summed E-state index contributed by atoms with van der Waals surface area (Å²) in [5, 5.41) is 10.8. The molecular formula is C33H34F2N4O5. The van der Waals surface area contributed by atoms with Gasteiger partial charge < -0.3 is 20.3 Å². The molecule has 0 unspecified atom stereocenters. The van der Waals surface area contributed by atoms with Crippen molar-refractivity contribution in [2.45, 2.75) is 70.1 Å². The molecule has 44 heavy (non-hydrogen) atoms. The van der Waals surface area contributed by atoms with Crippen LogP contribution in [0.5, 0.6) is 11.5 Å². The molecule has 11 heteroatoms. The maximum atomic E-state index is 13.7. The Bertz CT molecular complexity index is 1680. The first-order chi connectivity index (χ1) is 21.2. The number of nitrogens with zero attached hydrogens (tertiary/aromatic N) is 2. The fourth-order valence-electron chi connectivity index (χ4n) is 5.71. The number of fused-ring (bicyclic) bond motifs is 2. The first-order valence-electron chi connectivity index (χ1n) is 14.8. The van der Waals surface area contributed by atoms with Crippen LogP contribution in [0.25, 0.3) is 16.6 Å². The average molecular weight is 605 g/mol. The molecule has 230 valence electrons. The van der Waals surface area contributed by atoms with Gasteiger partial charge in [0.2, 0.25) is 0 Å². The zero-order valence-electron chi connectivity index (χ0n) is 24.5. The molecule has 2 heterocycles. The maximum Gasteiger partial charge on any atom is 0.321 e. The normalized spacial score (nSPS) is 16.5. The van der Waals surface area contributed by atoms with Gasteiger partial charge in [-0.15, -0.1) is 0 Å². The Morgan fingerprint density at radius 2 is 1.91 bits per heavy atom. The lowest BCUT2D eigenvalue weighted by Crippen LogP contribution is -2.46. The molecule has 1 aliphatic carbocycles. The summed E-state index contributed by atoms with van der Waals surface area (Å²) >= 11 is 0. The van der Waals surface area contributed by atoms with Gasteiger partial charge in [0, 0.05) is 35.9 Å². The van der Waals surface area contributed by atoms with Gasteiger partial charge in [-0.25, -0.2) is 4.68 Å². The van der Waals surface area contributed by atoms with Crippen LogP contribution in [0.1, 0.15) is 67.1 Å². The minimum absolute atomic E-state index is 0.0990. The number of nitrogens with one attached hydrogen (secondary N) is 2. The summed E-state index contributed by atoms with van der Waals surface area (Å²) in [7, 11) is 0. The predicted molar refractivity (Wildman–Crippen MR) is 159 cm³/mol. The second-order valence-corrected chi connectivity index (χ2v) is 11.5. The Hall–Kier alpha value is -4.51. The van der Waals surface area contributed by atoms with E-state index in [0.29, 0.717) is 42.6 Å². The van der Waals surface area contributed by atoms with Crippen molar-refractivity contribution in [3.63, 3.8) is 0 Å². The smallest absolute Gasteiger partial charge is 0.321 e. The zero-order valence-corrected chi connectivity index (χ0v) is 24.5. The van der Waals surface area contributed by atoms with E-state index >= 15 is 0 Å². The maximum absolute atomic E-state index is 13.7. The van der Waals surface area contributed by atoms with Gasteiger partial charge in [0.1, 0.15) is 11.9 Å². The molecule has 0 bridgehead atoms. The second kappa shape index (κ2) is 12.2. The lowest BCUT2D eigenvalue weighted by molar-refractivity contribution is -0.215. The molecule has 2 amide bonds. The highest BCUT2D eigenvalue weighted by Gasteiger charge is 2.35. The van der Waals surface area contributed by atoms with Gasteiger partial charge in [0.15, 0.2) is 5.75 Å². The van der Waals surface area contributed by atoms with Gasteiger partial charge in [-0.05, 0) is 67.8 Å². The molecule has 1 aliphatic heterocycles. The molecule has 0 saturated heterocycles. The molecule has 4 aromatic rings. The number of carbonyl (C=O) groups is 2. The van der Waals surface area contributed by atoms with Gasteiger partial charge in [-0.2, -0.15) is 18.8 Å². The van der Waals surface area contributed by atoms with Crippen LogP contribution >= 0.6 is 0 Å². The Morgan fingerprint density at radius 3 is 2.70 bits per heavy atom. The number of aromatic nitrogens is 2. The van der Waals surface area contributed by atoms with Crippen LogP contribution < -0.4 is 20.3 Å². The third-order valence-electron chi connectivity index (χ3n) is 8.08. The first-order valence-corrected chi connectivity index (χ1v) is 14.8. The lowest BCUT2D eigenvalue weighted by Gasteiger charge is -2.28. The molecule has 9 nitrogen and oxygen atoms in total. The minimum Gasteiger partial charge on any atom is -0.484 e. The topological polar surface area (TPSA) is 104 Å². The third-order valence-corrected chi connectivity index (χ3v) is 8.08. The number of alkyl halides is 2. The van der Waals surface area contributed by atoms with E-state index in [1.54, 1.807) is 42.1 Å². The highest BCUT2D eigenvalue weighted by molar-refractivity contribution is 5.95. The molecule has 1 fully saturated rings. The van der Waals surface area contributed by atoms with Gasteiger partial charge in [-0.1, -0.05) is 31.0 Å². The number of hydrogen-bond acceptors (Lipinski definition) is 6. The van der Waals surface area contributed by atoms with Crippen LogP contribution in [-0.2, 0) is 16.1 Å². The fourth-order valence-corrected chi connectivity index (χ4v) is 5.71. The molecule has 0 radical (unpaired) electrons. The number of carbonyl (C=O) groups excluding carboxylic acids is 2. The molecule has 3 aromatic carbocycles. The van der Waals surface area contributed by atoms with Crippen LogP contribution in [0.2, 0.25) is 0 Å². The Morgan fingerprint density at radius 1 is 1.09 bits per heavy atom. The molecule has 0 spiro atoms. The van der Waals surface area contributed by atoms with Crippen molar-refractivity contribution in [2.24, 2.45) is 0 Å². The highest BCUT2D eigenvalue weighted by Crippen LogP contribution is 2.33. The van der Waals surface area contributed by atoms with E-state index < -0.39 is 24.0 Å². The summed E-state index contributed by atoms with van der Waals surface area (Å²) in [6, 6.07) is 17.5. The van der Waals surface area contributed by atoms with Gasteiger partial charge >= 0.3 is 5.92 Å². The zero-order chi connectivity index (χ0) is 30.8. The van der Waals surface area contributed by atoms with Gasteiger partial charge in [-0.3, -0.25) is 9.59 Å². The van der Waals surface area contributed by atoms with Crippen molar-refractivity contribution in [3.8, 4) is 17.2 Å². The summed E-state index contributed by atoms with van der Waals surface area (Å²) in [5.74, 6) is -4.08. The summed E-state index contributed by atoms with van der Waals surface area (Å²) < 4.78 is 35.6. The number of ether oxygens (including phenoxy) is 1. The summed E-state index contributed by atoms with van der Waals surface area (Å²) in [6.07, 6.45) is 5.81. The van der Waals surface area contributed by atoms with Gasteiger partial charge in [0.25, 0.3) is 11.8 Å². The molecule has 1 saturated carbocycles. The van der Waals surface area contributed by atoms with Crippen LogP contribution in [0.15, 0.2) is 66.9 Å². The largest absolute Gasteiger partial charge is 0.484 e. The van der Waals surface area contributed by atoms with E-state index in [-0.39, 0.29) is 11.9 Å². The van der Waals surface area contributed by atoms with Crippen LogP contribution in [0, 0.1) is 0 Å². The number of rotatable bonds is 9. The fraction of sp³-hybridized carbons (Fsp3) is 0.364. The number of halogens is 2. The molecule has 2 atom stereocenters. The van der Waals surface area contributed by atoms with E-state index in [0.717, 1.165) is 47.8 Å². The lowest BCUT2D eigenvalue weighted by atomic mass is 9.99. The second-order valence-electron chi connectivity index (χ2n) is 11.5. The van der Waals surface area contributed by atoms with Crippen molar-refractivity contribution in [1.82, 2.24) is 20.4 Å². The molecule has 2 N–H and O–H groups in total. The summed E-state index contributed by atoms with van der Waals surface area (Å²) in [5.41, 5.74) is 3.65. The Balaban J connectivity index is 1.26. The van der Waals surface area contributed by atoms with Crippen LogP contribution in [0.4, 0.5) is 8.78 Å². The molecule has 1 aromatic heterocycles. The standard InChI is InChI=1S/C33H34F2N4O5/c1-20(37-32(41)33(2,34)35)30(22-11-10-21-14-15-42-44-29(21)18-22)43-27-12-13-28-24(17-27)19-36-39(28)26-9-5-6-23(16-26)31(40)38-25-7-3-4-8-25/h5-6,9-13,16-20,25,30H,3-4,7-8,14-15H2,1-2H3,(H,37,41)(H,38,40)/t20-,30-/m0/s1. The van der Waals surface area contributed by atoms with E-state index in [1.165, 1.54) is 0 Å². The van der Waals surface area contributed by atoms with Crippen LogP contribution in [0.3, 0.4) is 0 Å². The average Bonchev–Trinajstić information content (AvgIpc) is 3.69. The van der Waals surface area contributed by atoms with E-state index in [2.05, 4.69) is 15.7 Å². The Kier molecular flexibility index (Phi) is 8.22. The van der Waals surface area contributed by atoms with Crippen molar-refractivity contribution < 1.29 is 32.9 Å². The number of hydrogen-bond donors (Lipinski definition) is 2. The SMILES string of the molecule is C[C@H](NC(=O)C(C)(F)F)[C@H](Oc1ccc2c(cnn2-c2cccc(C(=O)NC3CCCC3)c2)c1)c1ccc2c(c1)OOCC2. The third kappa shape index (κ3) is 6.37. The molecule has 2 aliphatic rings. The minimum atomic E-state index is -3.55. The van der Waals surface area contributed by atoms with Crippen molar-refractivity contribution in [3.05, 3.63) is 83.6 Å². The van der Waals surface area contributed by atoms with Crippen LogP contribution in [-0.4, -0.2) is 46.2 Å². The summed E-state index contributed by atoms with van der Waals surface area (Å²) in [4.78, 5) is 35.5. The molecular weight excluding hydrogens is 570 g/mol. The molecule has 6 rings (SSSR count). The monoisotopic (exact) mass is 604 g/mol. The number of amides is 2. The van der Waals surface area contributed by atoms with E-state index in [9.17, 15) is 18.4 Å². The summed E-state index contributed by atoms with van der Waals surface area (Å²) in [6.45, 7) is 2.59. The predicted octanol–water partition coefficient (Wildman–Crippen LogP) is 5.84. The Labute approximate surface area is 253 Å². The quantitative estimate of drug-likeness (QED) is 0.233. The first kappa shape index (κ1) is 29.6. The van der Waals surface area contributed by atoms with E-state index in [1.807, 2.05) is 36.4 Å². The number of benzene rings is 3. The van der Waals surface area contributed by atoms with Gasteiger partial charge in [0.05, 0.1) is 30.0 Å². The van der Waals surface area contributed by atoms with Crippen molar-refractivity contribution >= 4 is 22.7 Å². The van der Waals surface area contributed by atoms with Crippen molar-refractivity contribution in [2.75, 3.05) is 6.61 Å².